The smallest absolute Gasteiger partial charge is 0.0540 e. The van der Waals surface area contributed by atoms with Gasteiger partial charge in [-0.15, -0.1) is 0 Å². The van der Waals surface area contributed by atoms with Gasteiger partial charge in [-0.05, 0) is 92.7 Å². The molecule has 0 aliphatic rings. The Balaban J connectivity index is 1.18. The first-order chi connectivity index (χ1) is 23.1. The Morgan fingerprint density at radius 2 is 0.787 bits per heavy atom. The van der Waals surface area contributed by atoms with Gasteiger partial charge >= 0.3 is 0 Å². The van der Waals surface area contributed by atoms with E-state index < -0.39 is 0 Å². The van der Waals surface area contributed by atoms with Crippen LogP contribution in [0.5, 0.6) is 0 Å². The molecule has 0 radical (unpaired) electrons. The molecule has 4 N–H and O–H groups in total. The molecule has 8 aromatic carbocycles. The molecule has 0 saturated carbocycles. The van der Waals surface area contributed by atoms with E-state index in [4.69, 9.17) is 11.5 Å². The Labute approximate surface area is 275 Å². The van der Waals surface area contributed by atoms with Crippen LogP contribution in [0.4, 0.5) is 28.4 Å². The van der Waals surface area contributed by atoms with E-state index >= 15 is 0 Å². The number of fused-ring (bicyclic) bond motifs is 2. The van der Waals surface area contributed by atoms with Crippen LogP contribution >= 0.6 is 0 Å². The highest BCUT2D eigenvalue weighted by molar-refractivity contribution is 6.04. The maximum Gasteiger partial charge on any atom is 0.0540 e. The van der Waals surface area contributed by atoms with Gasteiger partial charge in [-0.25, -0.2) is 0 Å². The third kappa shape index (κ3) is 5.34. The normalized spacial score (nSPS) is 11.1. The average molecular weight is 604 g/mol. The fourth-order valence-corrected chi connectivity index (χ4v) is 6.57. The van der Waals surface area contributed by atoms with Crippen LogP contribution in [-0.4, -0.2) is 0 Å². The zero-order valence-corrected chi connectivity index (χ0v) is 25.8. The van der Waals surface area contributed by atoms with Gasteiger partial charge in [0, 0.05) is 27.8 Å². The van der Waals surface area contributed by atoms with Gasteiger partial charge in [-0.1, -0.05) is 127 Å². The number of hydrogen-bond acceptors (Lipinski definition) is 3. The van der Waals surface area contributed by atoms with E-state index in [2.05, 4.69) is 157 Å². The Morgan fingerprint density at radius 1 is 0.340 bits per heavy atom. The van der Waals surface area contributed by atoms with E-state index in [-0.39, 0.29) is 0 Å². The topological polar surface area (TPSA) is 55.3 Å². The van der Waals surface area contributed by atoms with Gasteiger partial charge < -0.3 is 16.4 Å². The highest BCUT2D eigenvalue weighted by Gasteiger charge is 2.18. The second-order valence-corrected chi connectivity index (χ2v) is 11.9. The van der Waals surface area contributed by atoms with Crippen LogP contribution in [0, 0.1) is 0 Å². The molecule has 0 aromatic heterocycles. The molecule has 3 heteroatoms. The molecule has 0 aliphatic carbocycles. The minimum absolute atomic E-state index is 0.737. The first kappa shape index (κ1) is 28.2. The van der Waals surface area contributed by atoms with Crippen molar-refractivity contribution in [1.82, 2.24) is 0 Å². The summed E-state index contributed by atoms with van der Waals surface area (Å²) in [6.07, 6.45) is 0. The lowest BCUT2D eigenvalue weighted by Crippen LogP contribution is -2.11. The maximum atomic E-state index is 6.25. The summed E-state index contributed by atoms with van der Waals surface area (Å²) in [6.45, 7) is 0. The van der Waals surface area contributed by atoms with Crippen molar-refractivity contribution < 1.29 is 0 Å². The number of nitrogens with two attached hydrogens (primary N) is 2. The second kappa shape index (κ2) is 11.9. The van der Waals surface area contributed by atoms with Gasteiger partial charge in [-0.2, -0.15) is 0 Å². The van der Waals surface area contributed by atoms with E-state index in [1.54, 1.807) is 0 Å². The molecule has 8 aromatic rings. The molecule has 0 amide bonds. The fourth-order valence-electron chi connectivity index (χ4n) is 6.57. The number of anilines is 5. The predicted octanol–water partition coefficient (Wildman–Crippen LogP) is 11.6. The molecule has 0 bridgehead atoms. The summed E-state index contributed by atoms with van der Waals surface area (Å²) in [7, 11) is 0. The molecule has 0 aliphatic heterocycles. The highest BCUT2D eigenvalue weighted by atomic mass is 15.1. The molecular weight excluding hydrogens is 571 g/mol. The van der Waals surface area contributed by atoms with Gasteiger partial charge in [0.1, 0.15) is 0 Å². The largest absolute Gasteiger partial charge is 0.399 e. The minimum Gasteiger partial charge on any atom is -0.399 e. The summed E-state index contributed by atoms with van der Waals surface area (Å²) >= 11 is 0. The highest BCUT2D eigenvalue weighted by Crippen LogP contribution is 2.42. The molecule has 3 nitrogen and oxygen atoms in total. The maximum absolute atomic E-state index is 6.25. The molecule has 224 valence electrons. The number of rotatable bonds is 6. The van der Waals surface area contributed by atoms with Gasteiger partial charge in [0.2, 0.25) is 0 Å². The molecule has 0 spiro atoms. The summed E-state index contributed by atoms with van der Waals surface area (Å²) in [5.41, 5.74) is 23.8. The monoisotopic (exact) mass is 603 g/mol. The molecule has 0 fully saturated rings. The number of hydrogen-bond donors (Lipinski definition) is 2. The van der Waals surface area contributed by atoms with Crippen LogP contribution in [0.1, 0.15) is 0 Å². The van der Waals surface area contributed by atoms with E-state index in [1.165, 1.54) is 21.5 Å². The van der Waals surface area contributed by atoms with Crippen molar-refractivity contribution >= 4 is 50.0 Å². The van der Waals surface area contributed by atoms with Crippen molar-refractivity contribution in [2.45, 2.75) is 0 Å². The number of benzene rings is 8. The van der Waals surface area contributed by atoms with Crippen molar-refractivity contribution in [2.24, 2.45) is 0 Å². The van der Waals surface area contributed by atoms with Gasteiger partial charge in [0.25, 0.3) is 0 Å². The third-order valence-electron chi connectivity index (χ3n) is 8.94. The summed E-state index contributed by atoms with van der Waals surface area (Å²) in [6, 6.07) is 61.9. The molecule has 8 rings (SSSR count). The van der Waals surface area contributed by atoms with Crippen LogP contribution in [-0.2, 0) is 0 Å². The lowest BCUT2D eigenvalue weighted by Gasteiger charge is -2.28. The molecule has 47 heavy (non-hydrogen) atoms. The SMILES string of the molecule is Nc1ccc(-c2ccc(N)cc2-c2ccc(-c3ccc(N(c4cccc5ccccc45)c4cccc5ccccc45)cc3)cc2)cc1. The van der Waals surface area contributed by atoms with Crippen molar-refractivity contribution in [1.29, 1.82) is 0 Å². The van der Waals surface area contributed by atoms with Gasteiger partial charge in [0.05, 0.1) is 11.4 Å². The third-order valence-corrected chi connectivity index (χ3v) is 8.94. The first-order valence-corrected chi connectivity index (χ1v) is 15.8. The van der Waals surface area contributed by atoms with Crippen LogP contribution in [0.2, 0.25) is 0 Å². The summed E-state index contributed by atoms with van der Waals surface area (Å²) in [4.78, 5) is 2.39. The lowest BCUT2D eigenvalue weighted by atomic mass is 9.92. The van der Waals surface area contributed by atoms with E-state index in [9.17, 15) is 0 Å². The van der Waals surface area contributed by atoms with Crippen LogP contribution in [0.3, 0.4) is 0 Å². The summed E-state index contributed by atoms with van der Waals surface area (Å²) in [5, 5.41) is 4.85. The molecule has 0 saturated heterocycles. The lowest BCUT2D eigenvalue weighted by molar-refractivity contribution is 1.31. The zero-order valence-electron chi connectivity index (χ0n) is 25.8. The Hall–Kier alpha value is -6.32. The predicted molar refractivity (Wildman–Crippen MR) is 201 cm³/mol. The first-order valence-electron chi connectivity index (χ1n) is 15.8. The summed E-state index contributed by atoms with van der Waals surface area (Å²) in [5.74, 6) is 0. The van der Waals surface area contributed by atoms with Crippen LogP contribution in [0.25, 0.3) is 54.9 Å². The Kier molecular flexibility index (Phi) is 7.12. The molecule has 0 unspecified atom stereocenters. The zero-order chi connectivity index (χ0) is 31.7. The minimum atomic E-state index is 0.737. The number of nitrogens with zero attached hydrogens (tertiary/aromatic N) is 1. The Bertz CT molecular complexity index is 2270. The molecule has 0 atom stereocenters. The molecular formula is C44H33N3. The summed E-state index contributed by atoms with van der Waals surface area (Å²) < 4.78 is 0. The van der Waals surface area contributed by atoms with Crippen molar-refractivity contribution in [2.75, 3.05) is 16.4 Å². The van der Waals surface area contributed by atoms with E-state index in [0.717, 1.165) is 61.8 Å². The standard InChI is InChI=1S/C44H33N3/c45-36-23-19-34(20-24-36)39-28-25-37(46)29-42(39)35-17-15-30(16-18-35)31-21-26-38(27-22-31)47(43-13-5-9-32-7-1-3-11-40(32)43)44-14-6-10-33-8-2-4-12-41(33)44/h1-29H,45-46H2. The van der Waals surface area contributed by atoms with E-state index in [1.807, 2.05) is 24.3 Å². The molecule has 0 heterocycles. The van der Waals surface area contributed by atoms with Crippen molar-refractivity contribution in [3.8, 4) is 33.4 Å². The quantitative estimate of drug-likeness (QED) is 0.186. The van der Waals surface area contributed by atoms with Crippen LogP contribution < -0.4 is 16.4 Å². The van der Waals surface area contributed by atoms with Crippen molar-refractivity contribution in [3.05, 3.63) is 176 Å². The van der Waals surface area contributed by atoms with Crippen LogP contribution in [0.15, 0.2) is 176 Å². The second-order valence-electron chi connectivity index (χ2n) is 11.9. The average Bonchev–Trinajstić information content (AvgIpc) is 3.13. The van der Waals surface area contributed by atoms with Crippen molar-refractivity contribution in [3.63, 3.8) is 0 Å². The number of nitrogen functional groups attached to an aromatic ring is 2. The fraction of sp³-hybridized carbons (Fsp3) is 0. The van der Waals surface area contributed by atoms with E-state index in [0.29, 0.717) is 0 Å². The Morgan fingerprint density at radius 3 is 1.38 bits per heavy atom. The van der Waals surface area contributed by atoms with Gasteiger partial charge in [-0.3, -0.25) is 0 Å². The van der Waals surface area contributed by atoms with Gasteiger partial charge in [0.15, 0.2) is 0 Å².